The third-order valence-corrected chi connectivity index (χ3v) is 7.04. The fourth-order valence-corrected chi connectivity index (χ4v) is 3.96. The molecule has 0 bridgehead atoms. The van der Waals surface area contributed by atoms with Crippen molar-refractivity contribution in [3.05, 3.63) is 66.6 Å². The van der Waals surface area contributed by atoms with Gasteiger partial charge in [-0.1, -0.05) is 58.5 Å². The highest BCUT2D eigenvalue weighted by Crippen LogP contribution is 2.29. The van der Waals surface area contributed by atoms with Gasteiger partial charge in [-0.25, -0.2) is 0 Å². The summed E-state index contributed by atoms with van der Waals surface area (Å²) in [5.74, 6) is -2.88. The normalized spacial score (nSPS) is 15.2. The Kier molecular flexibility index (Phi) is 9.52. The zero-order chi connectivity index (χ0) is 24.3. The van der Waals surface area contributed by atoms with E-state index in [4.69, 9.17) is 46.4 Å². The molecule has 0 aliphatic carbocycles. The van der Waals surface area contributed by atoms with Crippen molar-refractivity contribution in [3.63, 3.8) is 0 Å². The summed E-state index contributed by atoms with van der Waals surface area (Å²) in [6.45, 7) is 3.33. The van der Waals surface area contributed by atoms with E-state index in [0.717, 1.165) is 0 Å². The molecule has 0 saturated carbocycles. The lowest BCUT2D eigenvalue weighted by atomic mass is 9.93. The van der Waals surface area contributed by atoms with Crippen molar-refractivity contribution in [2.24, 2.45) is 0 Å². The lowest BCUT2D eigenvalue weighted by Gasteiger charge is -2.21. The molecule has 32 heavy (non-hydrogen) atoms. The van der Waals surface area contributed by atoms with Gasteiger partial charge in [0.15, 0.2) is 0 Å². The smallest absolute Gasteiger partial charge is 0.232 e. The van der Waals surface area contributed by atoms with E-state index >= 15 is 0 Å². The Morgan fingerprint density at radius 1 is 0.688 bits per heavy atom. The predicted octanol–water partition coefficient (Wildman–Crippen LogP) is 3.28. The van der Waals surface area contributed by atoms with Gasteiger partial charge in [0.1, 0.15) is 12.2 Å². The topological polar surface area (TPSA) is 115 Å². The number of hydrogen-bond donors (Lipinski definition) is 4. The Morgan fingerprint density at radius 2 is 1.00 bits per heavy atom. The summed E-state index contributed by atoms with van der Waals surface area (Å²) in [5, 5.41) is 42.1. The van der Waals surface area contributed by atoms with Gasteiger partial charge in [-0.15, -0.1) is 0 Å². The highest BCUT2D eigenvalue weighted by Gasteiger charge is 2.36. The number of aliphatic hydroxyl groups is 4. The molecule has 0 fully saturated rings. The molecule has 2 aromatic carbocycles. The molecule has 0 amide bonds. The minimum atomic E-state index is -2.13. The minimum Gasteiger partial charge on any atom is -0.390 e. The molecule has 2 aromatic rings. The molecule has 4 N–H and O–H groups in total. The van der Waals surface area contributed by atoms with E-state index in [2.05, 4.69) is 0 Å². The molecule has 4 atom stereocenters. The first-order valence-corrected chi connectivity index (χ1v) is 11.0. The van der Waals surface area contributed by atoms with Crippen LogP contribution in [0.25, 0.3) is 0 Å². The number of hydrogen-bond acceptors (Lipinski definition) is 6. The van der Waals surface area contributed by atoms with Crippen molar-refractivity contribution in [1.29, 1.82) is 0 Å². The number of halogens is 4. The summed E-state index contributed by atoms with van der Waals surface area (Å²) in [6.07, 6.45) is -8.09. The third kappa shape index (κ3) is 6.01. The molecule has 0 heterocycles. The van der Waals surface area contributed by atoms with Crippen LogP contribution in [0.15, 0.2) is 24.3 Å². The van der Waals surface area contributed by atoms with Crippen molar-refractivity contribution in [3.8, 4) is 0 Å². The number of carbonyl (C=O) groups is 2. The molecule has 0 radical (unpaired) electrons. The number of rotatable bonds is 9. The summed E-state index contributed by atoms with van der Waals surface area (Å²) in [5.41, 5.74) is 1.94. The summed E-state index contributed by atoms with van der Waals surface area (Å²) in [6, 6.07) is 6.15. The predicted molar refractivity (Wildman–Crippen MR) is 124 cm³/mol. The van der Waals surface area contributed by atoms with Gasteiger partial charge in [-0.3, -0.25) is 9.59 Å². The van der Waals surface area contributed by atoms with Crippen molar-refractivity contribution in [2.45, 2.75) is 51.1 Å². The van der Waals surface area contributed by atoms with Crippen LogP contribution in [-0.4, -0.2) is 56.4 Å². The Morgan fingerprint density at radius 3 is 1.31 bits per heavy atom. The molecule has 0 aliphatic rings. The van der Waals surface area contributed by atoms with Crippen LogP contribution in [0, 0.1) is 13.8 Å². The van der Waals surface area contributed by atoms with Crippen LogP contribution in [0.4, 0.5) is 0 Å². The van der Waals surface area contributed by atoms with Gasteiger partial charge in [0.25, 0.3) is 0 Å². The van der Waals surface area contributed by atoms with Crippen LogP contribution in [0.2, 0.25) is 20.1 Å². The van der Waals surface area contributed by atoms with Crippen LogP contribution in [0.5, 0.6) is 0 Å². The van der Waals surface area contributed by atoms with Crippen molar-refractivity contribution < 1.29 is 30.0 Å². The molecule has 0 spiro atoms. The van der Waals surface area contributed by atoms with Crippen LogP contribution in [0.1, 0.15) is 22.3 Å². The second kappa shape index (κ2) is 11.3. The Bertz CT molecular complexity index is 944. The highest BCUT2D eigenvalue weighted by molar-refractivity contribution is 6.40. The van der Waals surface area contributed by atoms with Gasteiger partial charge in [0.2, 0.25) is 11.6 Å². The average Bonchev–Trinajstić information content (AvgIpc) is 2.77. The lowest BCUT2D eigenvalue weighted by Crippen LogP contribution is -2.47. The largest absolute Gasteiger partial charge is 0.390 e. The molecule has 0 aliphatic heterocycles. The average molecular weight is 524 g/mol. The van der Waals surface area contributed by atoms with E-state index in [1.807, 2.05) is 0 Å². The van der Waals surface area contributed by atoms with Gasteiger partial charge in [0, 0.05) is 32.9 Å². The molecule has 174 valence electrons. The number of Topliss-reactive ketones (excluding diaryl/α,β-unsaturated/α-hetero) is 2. The summed E-state index contributed by atoms with van der Waals surface area (Å²) in [7, 11) is 0. The molecule has 6 nitrogen and oxygen atoms in total. The number of ketones is 2. The van der Waals surface area contributed by atoms with E-state index in [0.29, 0.717) is 32.3 Å². The minimum absolute atomic E-state index is 0.241. The van der Waals surface area contributed by atoms with Crippen molar-refractivity contribution in [1.82, 2.24) is 0 Å². The van der Waals surface area contributed by atoms with Gasteiger partial charge >= 0.3 is 0 Å². The number of carbonyl (C=O) groups excluding carboxylic acids is 2. The first-order chi connectivity index (χ1) is 14.9. The van der Waals surface area contributed by atoms with Crippen LogP contribution in [0.3, 0.4) is 0 Å². The zero-order valence-electron chi connectivity index (χ0n) is 17.2. The van der Waals surface area contributed by atoms with Gasteiger partial charge in [-0.05, 0) is 48.2 Å². The molecular weight excluding hydrogens is 502 g/mol. The molecule has 0 saturated heterocycles. The number of benzene rings is 2. The highest BCUT2D eigenvalue weighted by atomic mass is 35.5. The van der Waals surface area contributed by atoms with Crippen LogP contribution >= 0.6 is 46.4 Å². The SMILES string of the molecule is Cc1c(Cl)ccc(CC(O)[C@H](O)C(=O)C(=O)[C@H](O)C(O)Cc2ccc(Cl)c(C)c2Cl)c1Cl. The Balaban J connectivity index is 2.07. The first-order valence-electron chi connectivity index (χ1n) is 9.54. The second-order valence-electron chi connectivity index (χ2n) is 7.45. The van der Waals surface area contributed by atoms with E-state index < -0.39 is 36.0 Å². The maximum Gasteiger partial charge on any atom is 0.232 e. The third-order valence-electron chi connectivity index (χ3n) is 5.17. The van der Waals surface area contributed by atoms with Gasteiger partial charge < -0.3 is 20.4 Å². The molecule has 2 unspecified atom stereocenters. The van der Waals surface area contributed by atoms with Crippen LogP contribution < -0.4 is 0 Å². The molecule has 0 aromatic heterocycles. The molecule has 10 heteroatoms. The summed E-state index contributed by atoms with van der Waals surface area (Å²) < 4.78 is 0. The van der Waals surface area contributed by atoms with Crippen molar-refractivity contribution in [2.75, 3.05) is 0 Å². The lowest BCUT2D eigenvalue weighted by molar-refractivity contribution is -0.152. The van der Waals surface area contributed by atoms with Crippen LogP contribution in [-0.2, 0) is 22.4 Å². The Labute approximate surface area is 205 Å². The fraction of sp³-hybridized carbons (Fsp3) is 0.364. The molecular formula is C22H22Cl4O6. The first kappa shape index (κ1) is 27.0. The Hall–Kier alpha value is -1.22. The van der Waals surface area contributed by atoms with Crippen molar-refractivity contribution >= 4 is 58.0 Å². The summed E-state index contributed by atoms with van der Waals surface area (Å²) >= 11 is 24.3. The quantitative estimate of drug-likeness (QED) is 0.375. The maximum atomic E-state index is 12.3. The number of aliphatic hydroxyl groups excluding tert-OH is 4. The second-order valence-corrected chi connectivity index (χ2v) is 9.02. The van der Waals surface area contributed by atoms with E-state index in [-0.39, 0.29) is 22.9 Å². The monoisotopic (exact) mass is 522 g/mol. The molecule has 2 rings (SSSR count). The zero-order valence-corrected chi connectivity index (χ0v) is 20.2. The van der Waals surface area contributed by atoms with E-state index in [1.165, 1.54) is 12.1 Å². The van der Waals surface area contributed by atoms with Gasteiger partial charge in [0.05, 0.1) is 12.2 Å². The standard InChI is InChI=1S/C22H22Cl4O6/c1-9-13(23)5-3-11(17(9)25)7-15(27)19(29)21(31)22(32)20(30)16(28)8-12-4-6-14(24)10(2)18(12)26/h3-6,15-16,19-20,27-30H,7-8H2,1-2H3/t15?,16?,19-,20+. The van der Waals surface area contributed by atoms with E-state index in [9.17, 15) is 30.0 Å². The maximum absolute atomic E-state index is 12.3. The summed E-state index contributed by atoms with van der Waals surface area (Å²) in [4.78, 5) is 24.6. The fourth-order valence-electron chi connectivity index (χ4n) is 3.07. The van der Waals surface area contributed by atoms with Gasteiger partial charge in [-0.2, -0.15) is 0 Å². The van der Waals surface area contributed by atoms with E-state index in [1.54, 1.807) is 26.0 Å².